The van der Waals surface area contributed by atoms with Gasteiger partial charge in [0, 0.05) is 12.7 Å². The van der Waals surface area contributed by atoms with Crippen LogP contribution in [0.15, 0.2) is 0 Å². The van der Waals surface area contributed by atoms with Gasteiger partial charge in [-0.15, -0.1) is 0 Å². The first kappa shape index (κ1) is 13.6. The van der Waals surface area contributed by atoms with Gasteiger partial charge in [0.25, 0.3) is 0 Å². The highest BCUT2D eigenvalue weighted by atomic mass is 28.4. The normalized spacial score (nSPS) is 37.8. The van der Waals surface area contributed by atoms with Gasteiger partial charge in [0.2, 0.25) is 0 Å². The highest BCUT2D eigenvalue weighted by molar-refractivity contribution is 6.74. The molecule has 0 spiro atoms. The molecule has 2 aliphatic rings. The average Bonchev–Trinajstić information content (AvgIpc) is 2.73. The predicted octanol–water partition coefficient (Wildman–Crippen LogP) is 3.42. The fraction of sp³-hybridized carbons (Fsp3) is 1.00. The summed E-state index contributed by atoms with van der Waals surface area (Å²) in [5.74, 6) is 1.98. The largest absolute Gasteiger partial charge is 0.414 e. The number of hydrogen-bond donors (Lipinski definition) is 1. The summed E-state index contributed by atoms with van der Waals surface area (Å²) in [6, 6.07) is 0. The molecule has 4 atom stereocenters. The number of rotatable bonds is 3. The average molecular weight is 256 g/mol. The second-order valence-electron chi connectivity index (χ2n) is 7.60. The van der Waals surface area contributed by atoms with E-state index in [0.717, 1.165) is 5.92 Å². The Morgan fingerprint density at radius 1 is 1.18 bits per heavy atom. The van der Waals surface area contributed by atoms with Gasteiger partial charge in [-0.2, -0.15) is 0 Å². The van der Waals surface area contributed by atoms with Gasteiger partial charge in [0.1, 0.15) is 0 Å². The van der Waals surface area contributed by atoms with Crippen molar-refractivity contribution in [2.75, 3.05) is 6.61 Å². The lowest BCUT2D eigenvalue weighted by Crippen LogP contribution is -2.46. The molecule has 1 N–H and O–H groups in total. The molecule has 0 radical (unpaired) electrons. The Hall–Kier alpha value is 0.137. The molecule has 2 nitrogen and oxygen atoms in total. The highest BCUT2D eigenvalue weighted by Gasteiger charge is 2.49. The molecule has 0 amide bonds. The monoisotopic (exact) mass is 256 g/mol. The molecule has 0 aromatic rings. The van der Waals surface area contributed by atoms with Gasteiger partial charge >= 0.3 is 0 Å². The lowest BCUT2D eigenvalue weighted by Gasteiger charge is -2.41. The summed E-state index contributed by atoms with van der Waals surface area (Å²) in [4.78, 5) is 0. The van der Waals surface area contributed by atoms with Crippen molar-refractivity contribution in [2.24, 2.45) is 17.8 Å². The maximum Gasteiger partial charge on any atom is 0.192 e. The van der Waals surface area contributed by atoms with E-state index >= 15 is 0 Å². The van der Waals surface area contributed by atoms with Crippen molar-refractivity contribution in [3.63, 3.8) is 0 Å². The Morgan fingerprint density at radius 3 is 2.29 bits per heavy atom. The number of hydrogen-bond acceptors (Lipinski definition) is 2. The summed E-state index contributed by atoms with van der Waals surface area (Å²) in [6.07, 6.45) is 4.21. The molecule has 3 heteroatoms. The molecule has 2 bridgehead atoms. The molecule has 0 heterocycles. The van der Waals surface area contributed by atoms with E-state index in [2.05, 4.69) is 33.9 Å². The van der Waals surface area contributed by atoms with E-state index in [1.54, 1.807) is 0 Å². The predicted molar refractivity (Wildman–Crippen MR) is 73.5 cm³/mol. The van der Waals surface area contributed by atoms with Crippen LogP contribution in [0.25, 0.3) is 0 Å². The molecule has 0 aromatic heterocycles. The van der Waals surface area contributed by atoms with E-state index in [4.69, 9.17) is 4.43 Å². The van der Waals surface area contributed by atoms with Gasteiger partial charge in [-0.1, -0.05) is 20.8 Å². The Bertz CT molecular complexity index is 282. The van der Waals surface area contributed by atoms with Crippen molar-refractivity contribution in [1.82, 2.24) is 0 Å². The summed E-state index contributed by atoms with van der Waals surface area (Å²) < 4.78 is 6.56. The summed E-state index contributed by atoms with van der Waals surface area (Å²) in [7, 11) is -1.63. The van der Waals surface area contributed by atoms with Crippen LogP contribution in [0.1, 0.15) is 40.0 Å². The third-order valence-electron chi connectivity index (χ3n) is 5.38. The highest BCUT2D eigenvalue weighted by Crippen LogP contribution is 2.51. The van der Waals surface area contributed by atoms with E-state index in [1.807, 2.05) is 0 Å². The summed E-state index contributed by atoms with van der Waals surface area (Å²) in [5, 5.41) is 9.72. The van der Waals surface area contributed by atoms with Gasteiger partial charge < -0.3 is 9.53 Å². The minimum atomic E-state index is -1.63. The summed E-state index contributed by atoms with van der Waals surface area (Å²) >= 11 is 0. The van der Waals surface area contributed by atoms with Gasteiger partial charge in [0.15, 0.2) is 8.32 Å². The third-order valence-corrected chi connectivity index (χ3v) is 9.88. The van der Waals surface area contributed by atoms with Crippen LogP contribution in [-0.2, 0) is 4.43 Å². The van der Waals surface area contributed by atoms with Gasteiger partial charge in [-0.3, -0.25) is 0 Å². The van der Waals surface area contributed by atoms with E-state index in [1.165, 1.54) is 19.3 Å². The zero-order valence-corrected chi connectivity index (χ0v) is 13.0. The Labute approximate surface area is 107 Å². The van der Waals surface area contributed by atoms with E-state index in [9.17, 15) is 5.11 Å². The second-order valence-corrected chi connectivity index (χ2v) is 12.4. The fourth-order valence-electron chi connectivity index (χ4n) is 3.33. The molecule has 2 fully saturated rings. The standard InChI is InChI=1S/C14H28O2Si/c1-14(2,3)17(4,5)16-13-8-10-6-11(9-15)12(13)7-10/h10-13,15H,6-9H2,1-5H3/t10-,11+,12-,13+/m1/s1. The van der Waals surface area contributed by atoms with Crippen molar-refractivity contribution in [1.29, 1.82) is 0 Å². The third kappa shape index (κ3) is 2.47. The molecule has 2 aliphatic carbocycles. The Morgan fingerprint density at radius 2 is 1.82 bits per heavy atom. The van der Waals surface area contributed by atoms with Crippen LogP contribution in [0, 0.1) is 17.8 Å². The number of aliphatic hydroxyl groups is 1. The van der Waals surface area contributed by atoms with Gasteiger partial charge in [-0.25, -0.2) is 0 Å². The van der Waals surface area contributed by atoms with Crippen LogP contribution in [-0.4, -0.2) is 26.1 Å². The van der Waals surface area contributed by atoms with E-state index in [0.29, 0.717) is 29.6 Å². The van der Waals surface area contributed by atoms with Crippen LogP contribution in [0.2, 0.25) is 18.1 Å². The van der Waals surface area contributed by atoms with Crippen molar-refractivity contribution >= 4 is 8.32 Å². The molecule has 17 heavy (non-hydrogen) atoms. The van der Waals surface area contributed by atoms with Crippen LogP contribution in [0.5, 0.6) is 0 Å². The lowest BCUT2D eigenvalue weighted by molar-refractivity contribution is 0.0634. The quantitative estimate of drug-likeness (QED) is 0.784. The Balaban J connectivity index is 2.01. The summed E-state index contributed by atoms with van der Waals surface area (Å²) in [5.41, 5.74) is 0. The molecule has 0 unspecified atom stereocenters. The van der Waals surface area contributed by atoms with Crippen molar-refractivity contribution < 1.29 is 9.53 Å². The minimum Gasteiger partial charge on any atom is -0.414 e. The van der Waals surface area contributed by atoms with Crippen LogP contribution in [0.3, 0.4) is 0 Å². The molecule has 0 aliphatic heterocycles. The first-order valence-corrected chi connectivity index (χ1v) is 9.94. The van der Waals surface area contributed by atoms with E-state index in [-0.39, 0.29) is 0 Å². The van der Waals surface area contributed by atoms with Crippen molar-refractivity contribution in [3.8, 4) is 0 Å². The van der Waals surface area contributed by atoms with Crippen molar-refractivity contribution in [3.05, 3.63) is 0 Å². The molecule has 0 aromatic carbocycles. The molecular formula is C14H28O2Si. The molecule has 2 rings (SSSR count). The summed E-state index contributed by atoms with van der Waals surface area (Å²) in [6.45, 7) is 11.9. The SMILES string of the molecule is CC(C)(C)[Si](C)(C)O[C@H]1C[C@@H]2C[C@@H](CO)[C@H]1C2. The van der Waals surface area contributed by atoms with Crippen LogP contribution >= 0.6 is 0 Å². The van der Waals surface area contributed by atoms with Gasteiger partial charge in [0.05, 0.1) is 0 Å². The van der Waals surface area contributed by atoms with E-state index < -0.39 is 8.32 Å². The van der Waals surface area contributed by atoms with Crippen molar-refractivity contribution in [2.45, 2.75) is 64.3 Å². The topological polar surface area (TPSA) is 29.5 Å². The first-order valence-electron chi connectivity index (χ1n) is 7.03. The maximum atomic E-state index is 9.42. The minimum absolute atomic E-state index is 0.295. The smallest absolute Gasteiger partial charge is 0.192 e. The molecular weight excluding hydrogens is 228 g/mol. The molecule has 0 saturated heterocycles. The fourth-order valence-corrected chi connectivity index (χ4v) is 4.71. The second kappa shape index (κ2) is 4.36. The molecule has 100 valence electrons. The lowest BCUT2D eigenvalue weighted by atomic mass is 9.87. The number of aliphatic hydroxyl groups excluding tert-OH is 1. The van der Waals surface area contributed by atoms with Gasteiger partial charge in [-0.05, 0) is 55.1 Å². The van der Waals surface area contributed by atoms with Crippen LogP contribution < -0.4 is 0 Å². The maximum absolute atomic E-state index is 9.42. The Kier molecular flexibility index (Phi) is 3.48. The molecule has 2 saturated carbocycles. The van der Waals surface area contributed by atoms with Crippen LogP contribution in [0.4, 0.5) is 0 Å². The zero-order chi connectivity index (χ0) is 12.8. The number of fused-ring (bicyclic) bond motifs is 2. The first-order chi connectivity index (χ1) is 7.74. The zero-order valence-electron chi connectivity index (χ0n) is 12.0.